The first-order valence-electron chi connectivity index (χ1n) is 6.74. The molecule has 0 radical (unpaired) electrons. The monoisotopic (exact) mass is 280 g/mol. The summed E-state index contributed by atoms with van der Waals surface area (Å²) in [5.41, 5.74) is 1.12. The van der Waals surface area contributed by atoms with E-state index in [1.165, 1.54) is 15.0 Å². The SMILES string of the molecule is CC(C)c1nc2sc3c(c2c(=O)n1CCF)CCC3. The van der Waals surface area contributed by atoms with Crippen LogP contribution in [0.4, 0.5) is 4.39 Å². The Morgan fingerprint density at radius 2 is 2.21 bits per heavy atom. The number of alkyl halides is 1. The summed E-state index contributed by atoms with van der Waals surface area (Å²) in [6, 6.07) is 0. The standard InChI is InChI=1S/C14H17FN2OS/c1-8(2)12-16-13-11(14(18)17(12)7-6-15)9-4-3-5-10(9)19-13/h8H,3-7H2,1-2H3. The van der Waals surface area contributed by atoms with Crippen LogP contribution in [0.2, 0.25) is 0 Å². The molecule has 0 N–H and O–H groups in total. The van der Waals surface area contributed by atoms with Gasteiger partial charge in [0.2, 0.25) is 0 Å². The highest BCUT2D eigenvalue weighted by Gasteiger charge is 2.23. The van der Waals surface area contributed by atoms with Crippen molar-refractivity contribution < 1.29 is 4.39 Å². The predicted octanol–water partition coefficient (Wildman–Crippen LogP) is 3.04. The van der Waals surface area contributed by atoms with Crippen LogP contribution in [0.1, 0.15) is 42.5 Å². The van der Waals surface area contributed by atoms with Crippen LogP contribution >= 0.6 is 11.3 Å². The van der Waals surface area contributed by atoms with Gasteiger partial charge in [0.1, 0.15) is 17.3 Å². The van der Waals surface area contributed by atoms with Crippen molar-refractivity contribution in [1.82, 2.24) is 9.55 Å². The minimum Gasteiger partial charge on any atom is -0.293 e. The summed E-state index contributed by atoms with van der Waals surface area (Å²) in [6.07, 6.45) is 3.13. The van der Waals surface area contributed by atoms with Crippen molar-refractivity contribution in [2.24, 2.45) is 0 Å². The summed E-state index contributed by atoms with van der Waals surface area (Å²) >= 11 is 1.64. The Morgan fingerprint density at radius 3 is 2.89 bits per heavy atom. The second-order valence-corrected chi connectivity index (χ2v) is 6.39. The van der Waals surface area contributed by atoms with E-state index in [9.17, 15) is 9.18 Å². The molecule has 2 heterocycles. The van der Waals surface area contributed by atoms with Gasteiger partial charge in [0.15, 0.2) is 0 Å². The van der Waals surface area contributed by atoms with Gasteiger partial charge >= 0.3 is 0 Å². The first-order valence-corrected chi connectivity index (χ1v) is 7.56. The van der Waals surface area contributed by atoms with E-state index in [-0.39, 0.29) is 18.0 Å². The molecule has 0 saturated carbocycles. The molecule has 0 aromatic carbocycles. The largest absolute Gasteiger partial charge is 0.293 e. The van der Waals surface area contributed by atoms with E-state index in [1.54, 1.807) is 11.3 Å². The van der Waals surface area contributed by atoms with Crippen molar-refractivity contribution in [1.29, 1.82) is 0 Å². The number of aromatic nitrogens is 2. The zero-order valence-corrected chi connectivity index (χ0v) is 12.0. The zero-order chi connectivity index (χ0) is 13.6. The first kappa shape index (κ1) is 12.8. The molecule has 5 heteroatoms. The summed E-state index contributed by atoms with van der Waals surface area (Å²) in [5.74, 6) is 0.829. The van der Waals surface area contributed by atoms with Gasteiger partial charge in [0.05, 0.1) is 11.9 Å². The summed E-state index contributed by atoms with van der Waals surface area (Å²) in [6.45, 7) is 3.56. The number of fused-ring (bicyclic) bond motifs is 3. The van der Waals surface area contributed by atoms with Gasteiger partial charge in [0.25, 0.3) is 5.56 Å². The molecule has 0 fully saturated rings. The van der Waals surface area contributed by atoms with Gasteiger partial charge < -0.3 is 0 Å². The van der Waals surface area contributed by atoms with Crippen LogP contribution in [0.5, 0.6) is 0 Å². The van der Waals surface area contributed by atoms with Crippen molar-refractivity contribution in [3.8, 4) is 0 Å². The van der Waals surface area contributed by atoms with Crippen LogP contribution in [0, 0.1) is 0 Å². The van der Waals surface area contributed by atoms with E-state index < -0.39 is 6.67 Å². The Bertz CT molecular complexity index is 687. The molecular weight excluding hydrogens is 263 g/mol. The minimum atomic E-state index is -0.529. The predicted molar refractivity (Wildman–Crippen MR) is 76.0 cm³/mol. The van der Waals surface area contributed by atoms with Gasteiger partial charge in [0, 0.05) is 10.8 Å². The fraction of sp³-hybridized carbons (Fsp3) is 0.571. The van der Waals surface area contributed by atoms with E-state index in [0.29, 0.717) is 5.82 Å². The summed E-state index contributed by atoms with van der Waals surface area (Å²) in [4.78, 5) is 19.4. The molecule has 1 aliphatic carbocycles. The fourth-order valence-corrected chi connectivity index (χ4v) is 4.09. The lowest BCUT2D eigenvalue weighted by Crippen LogP contribution is -2.27. The third-order valence-electron chi connectivity index (χ3n) is 3.68. The second kappa shape index (κ2) is 4.71. The Labute approximate surface area is 115 Å². The van der Waals surface area contributed by atoms with Gasteiger partial charge in [-0.1, -0.05) is 13.8 Å². The molecule has 3 nitrogen and oxygen atoms in total. The van der Waals surface area contributed by atoms with E-state index >= 15 is 0 Å². The average Bonchev–Trinajstić information content (AvgIpc) is 2.91. The maximum absolute atomic E-state index is 12.7. The fourth-order valence-electron chi connectivity index (χ4n) is 2.83. The van der Waals surface area contributed by atoms with Crippen molar-refractivity contribution in [2.45, 2.75) is 45.6 Å². The Kier molecular flexibility index (Phi) is 3.17. The summed E-state index contributed by atoms with van der Waals surface area (Å²) in [5, 5.41) is 0.746. The molecule has 0 amide bonds. The number of nitrogens with zero attached hydrogens (tertiary/aromatic N) is 2. The van der Waals surface area contributed by atoms with Crippen LogP contribution in [-0.2, 0) is 19.4 Å². The Morgan fingerprint density at radius 1 is 1.42 bits per heavy atom. The molecule has 1 aliphatic rings. The topological polar surface area (TPSA) is 34.9 Å². The Hall–Kier alpha value is -1.23. The lowest BCUT2D eigenvalue weighted by Gasteiger charge is -2.13. The van der Waals surface area contributed by atoms with Crippen molar-refractivity contribution in [2.75, 3.05) is 6.67 Å². The normalized spacial score (nSPS) is 14.5. The van der Waals surface area contributed by atoms with E-state index in [4.69, 9.17) is 0 Å². The lowest BCUT2D eigenvalue weighted by atomic mass is 10.1. The number of hydrogen-bond donors (Lipinski definition) is 0. The van der Waals surface area contributed by atoms with Gasteiger partial charge in [-0.15, -0.1) is 11.3 Å². The molecule has 0 unspecified atom stereocenters. The molecule has 0 spiro atoms. The summed E-state index contributed by atoms with van der Waals surface area (Å²) < 4.78 is 14.2. The average molecular weight is 280 g/mol. The minimum absolute atomic E-state index is 0.0502. The smallest absolute Gasteiger partial charge is 0.262 e. The number of rotatable bonds is 3. The molecule has 3 rings (SSSR count). The summed E-state index contributed by atoms with van der Waals surface area (Å²) in [7, 11) is 0. The highest BCUT2D eigenvalue weighted by atomic mass is 32.1. The van der Waals surface area contributed by atoms with Crippen LogP contribution in [-0.4, -0.2) is 16.2 Å². The first-order chi connectivity index (χ1) is 9.13. The number of aryl methyl sites for hydroxylation is 2. The van der Waals surface area contributed by atoms with E-state index in [2.05, 4.69) is 4.98 Å². The molecule has 102 valence electrons. The maximum Gasteiger partial charge on any atom is 0.262 e. The van der Waals surface area contributed by atoms with Crippen LogP contribution in [0.3, 0.4) is 0 Å². The van der Waals surface area contributed by atoms with Crippen LogP contribution in [0.25, 0.3) is 10.2 Å². The molecule has 0 saturated heterocycles. The number of thiophene rings is 1. The van der Waals surface area contributed by atoms with E-state index in [0.717, 1.165) is 29.5 Å². The highest BCUT2D eigenvalue weighted by Crippen LogP contribution is 2.35. The van der Waals surface area contributed by atoms with Gasteiger partial charge in [-0.2, -0.15) is 0 Å². The molecule has 0 aliphatic heterocycles. The molecule has 0 bridgehead atoms. The number of halogens is 1. The van der Waals surface area contributed by atoms with Gasteiger partial charge in [-0.3, -0.25) is 9.36 Å². The van der Waals surface area contributed by atoms with Crippen LogP contribution < -0.4 is 5.56 Å². The molecule has 0 atom stereocenters. The molecule has 2 aromatic heterocycles. The van der Waals surface area contributed by atoms with Crippen molar-refractivity contribution in [3.63, 3.8) is 0 Å². The third-order valence-corrected chi connectivity index (χ3v) is 4.86. The van der Waals surface area contributed by atoms with Crippen molar-refractivity contribution >= 4 is 21.6 Å². The third kappa shape index (κ3) is 1.91. The molecule has 2 aromatic rings. The highest BCUT2D eigenvalue weighted by molar-refractivity contribution is 7.18. The van der Waals surface area contributed by atoms with Gasteiger partial charge in [-0.25, -0.2) is 9.37 Å². The zero-order valence-electron chi connectivity index (χ0n) is 11.2. The van der Waals surface area contributed by atoms with Crippen molar-refractivity contribution in [3.05, 3.63) is 26.6 Å². The lowest BCUT2D eigenvalue weighted by molar-refractivity contribution is 0.428. The Balaban J connectivity index is 2.34. The quantitative estimate of drug-likeness (QED) is 0.866. The number of hydrogen-bond acceptors (Lipinski definition) is 3. The van der Waals surface area contributed by atoms with Crippen LogP contribution in [0.15, 0.2) is 4.79 Å². The maximum atomic E-state index is 12.7. The van der Waals surface area contributed by atoms with E-state index in [1.807, 2.05) is 13.8 Å². The molecule has 19 heavy (non-hydrogen) atoms. The van der Waals surface area contributed by atoms with Gasteiger partial charge in [-0.05, 0) is 24.8 Å². The second-order valence-electron chi connectivity index (χ2n) is 5.31. The molecular formula is C14H17FN2OS.